The largest absolute Gasteiger partial charge is 0.394 e. The molecule has 0 aromatic heterocycles. The van der Waals surface area contributed by atoms with E-state index in [4.69, 9.17) is 9.47 Å². The van der Waals surface area contributed by atoms with Gasteiger partial charge in [0.25, 0.3) is 0 Å². The Bertz CT molecular complexity index is 1010. The molecule has 0 radical (unpaired) electrons. The molecule has 370 valence electrons. The second kappa shape index (κ2) is 39.5. The molecule has 62 heavy (non-hydrogen) atoms. The van der Waals surface area contributed by atoms with Gasteiger partial charge in [0.1, 0.15) is 30.5 Å². The Labute approximate surface area is 382 Å². The van der Waals surface area contributed by atoms with E-state index in [1.807, 2.05) is 0 Å². The summed E-state index contributed by atoms with van der Waals surface area (Å²) in [6, 6.07) is 1.80. The van der Waals surface area contributed by atoms with Gasteiger partial charge in [-0.15, -0.1) is 0 Å². The fourth-order valence-corrected chi connectivity index (χ4v) is 11.7. The molecule has 1 rings (SSSR count). The van der Waals surface area contributed by atoms with Gasteiger partial charge < -0.3 is 45.4 Å². The molecule has 7 N–H and O–H groups in total. The summed E-state index contributed by atoms with van der Waals surface area (Å²) in [6.45, 7) is 8.72. The van der Waals surface area contributed by atoms with Gasteiger partial charge in [0.2, 0.25) is 5.91 Å². The first kappa shape index (κ1) is 59.4. The van der Waals surface area contributed by atoms with Crippen LogP contribution in [-0.2, 0) is 14.3 Å². The molecule has 1 amide bonds. The number of amides is 1. The van der Waals surface area contributed by atoms with Crippen LogP contribution in [0, 0.1) is 0 Å². The average molecular weight is 902 g/mol. The van der Waals surface area contributed by atoms with Gasteiger partial charge >= 0.3 is 0 Å². The summed E-state index contributed by atoms with van der Waals surface area (Å²) in [6.07, 6.45) is 31.6. The van der Waals surface area contributed by atoms with Crippen molar-refractivity contribution in [2.75, 3.05) is 13.2 Å². The zero-order valence-corrected chi connectivity index (χ0v) is 41.9. The molecule has 0 bridgehead atoms. The van der Waals surface area contributed by atoms with Gasteiger partial charge in [-0.1, -0.05) is 238 Å². The number of aliphatic hydroxyl groups is 6. The van der Waals surface area contributed by atoms with Crippen molar-refractivity contribution in [1.29, 1.82) is 0 Å². The van der Waals surface area contributed by atoms with Crippen LogP contribution in [-0.4, -0.2) is 107 Å². The number of carbonyl (C=O) groups excluding carboxylic acids is 1. The second-order valence-corrected chi connectivity index (χ2v) is 25.4. The average Bonchev–Trinajstić information content (AvgIpc) is 3.25. The number of nitrogens with one attached hydrogen (secondary N) is 1. The minimum atomic E-state index is -1.60. The smallest absolute Gasteiger partial charge is 0.220 e. The lowest BCUT2D eigenvalue weighted by molar-refractivity contribution is -0.303. The fraction of sp³-hybridized carbons (Fsp3) is 0.980. The molecule has 0 aromatic rings. The Morgan fingerprint density at radius 2 is 0.952 bits per heavy atom. The summed E-state index contributed by atoms with van der Waals surface area (Å²) in [7, 11) is -1.18. The maximum absolute atomic E-state index is 13.1. The highest BCUT2D eigenvalue weighted by atomic mass is 28.3. The summed E-state index contributed by atoms with van der Waals surface area (Å²) in [5.74, 6) is -0.249. The van der Waals surface area contributed by atoms with E-state index in [9.17, 15) is 35.4 Å². The first-order valence-corrected chi connectivity index (χ1v) is 30.0. The fourth-order valence-electron chi connectivity index (χ4n) is 9.06. The van der Waals surface area contributed by atoms with E-state index in [2.05, 4.69) is 32.3 Å². The molecule has 1 saturated heterocycles. The van der Waals surface area contributed by atoms with Crippen LogP contribution in [0.5, 0.6) is 0 Å². The Morgan fingerprint density at radius 3 is 1.37 bits per heavy atom. The summed E-state index contributed by atoms with van der Waals surface area (Å²) >= 11 is 0. The third-order valence-corrected chi connectivity index (χ3v) is 16.9. The minimum Gasteiger partial charge on any atom is -0.394 e. The number of rotatable bonds is 44. The molecule has 0 aliphatic carbocycles. The summed E-state index contributed by atoms with van der Waals surface area (Å²) < 4.78 is 11.2. The molecule has 0 unspecified atom stereocenters. The lowest BCUT2D eigenvalue weighted by Gasteiger charge is -2.40. The number of carbonyl (C=O) groups is 1. The first-order chi connectivity index (χ1) is 30.0. The van der Waals surface area contributed by atoms with Crippen LogP contribution in [0.15, 0.2) is 0 Å². The standard InChI is InChI=1S/C51H103NO9Si/c1-5-7-9-11-13-15-17-19-20-21-23-25-27-31-35-39-62(3,4)40-36-32-28-30-34-38-46(55)52-43(42-60-51-50(59)49(58)48(57)45(41-53)61-51)47(56)44(54)37-33-29-26-24-22-18-16-14-12-10-8-6-2/h43-45,47-51,53-54,56-59H,5-42H2,1-4H3,(H,52,55)/t43-,44+,45+,47-,48-,49-,50+,51-/m0/s1. The number of hydrogen-bond acceptors (Lipinski definition) is 9. The number of unbranched alkanes of at least 4 members (excludes halogenated alkanes) is 29. The van der Waals surface area contributed by atoms with Crippen molar-refractivity contribution in [3.05, 3.63) is 0 Å². The Morgan fingerprint density at radius 1 is 0.565 bits per heavy atom. The van der Waals surface area contributed by atoms with Gasteiger partial charge in [-0.05, 0) is 12.8 Å². The number of hydrogen-bond donors (Lipinski definition) is 7. The molecule has 1 heterocycles. The maximum Gasteiger partial charge on any atom is 0.220 e. The summed E-state index contributed by atoms with van der Waals surface area (Å²) in [4.78, 5) is 13.1. The van der Waals surface area contributed by atoms with E-state index in [0.717, 1.165) is 38.5 Å². The van der Waals surface area contributed by atoms with Crippen molar-refractivity contribution in [2.45, 2.75) is 306 Å². The second-order valence-electron chi connectivity index (χ2n) is 20.1. The molecular formula is C51H103NO9Si. The quantitative estimate of drug-likeness (QED) is 0.0232. The molecule has 11 heteroatoms. The van der Waals surface area contributed by atoms with E-state index >= 15 is 0 Å². The van der Waals surface area contributed by atoms with Crippen molar-refractivity contribution in [3.8, 4) is 0 Å². The first-order valence-electron chi connectivity index (χ1n) is 26.5. The predicted molar refractivity (Wildman–Crippen MR) is 259 cm³/mol. The molecule has 10 nitrogen and oxygen atoms in total. The van der Waals surface area contributed by atoms with Crippen molar-refractivity contribution in [3.63, 3.8) is 0 Å². The Hall–Kier alpha value is -0.633. The van der Waals surface area contributed by atoms with Crippen LogP contribution in [0.3, 0.4) is 0 Å². The molecule has 0 aromatic carbocycles. The van der Waals surface area contributed by atoms with Crippen LogP contribution in [0.2, 0.25) is 25.2 Å². The minimum absolute atomic E-state index is 0.249. The maximum atomic E-state index is 13.1. The normalized spacial score (nSPS) is 21.0. The topological polar surface area (TPSA) is 169 Å². The van der Waals surface area contributed by atoms with Gasteiger partial charge in [-0.3, -0.25) is 4.79 Å². The van der Waals surface area contributed by atoms with Crippen molar-refractivity contribution in [1.82, 2.24) is 5.32 Å². The highest BCUT2D eigenvalue weighted by Gasteiger charge is 2.44. The monoisotopic (exact) mass is 902 g/mol. The highest BCUT2D eigenvalue weighted by molar-refractivity contribution is 6.77. The van der Waals surface area contributed by atoms with Gasteiger partial charge in [-0.2, -0.15) is 0 Å². The molecule has 1 aliphatic heterocycles. The van der Waals surface area contributed by atoms with Crippen LogP contribution in [0.1, 0.15) is 232 Å². The van der Waals surface area contributed by atoms with Crippen molar-refractivity contribution < 1.29 is 44.9 Å². The van der Waals surface area contributed by atoms with Crippen LogP contribution >= 0.6 is 0 Å². The highest BCUT2D eigenvalue weighted by Crippen LogP contribution is 2.25. The van der Waals surface area contributed by atoms with Crippen LogP contribution in [0.25, 0.3) is 0 Å². The van der Waals surface area contributed by atoms with Gasteiger partial charge in [-0.25, -0.2) is 0 Å². The van der Waals surface area contributed by atoms with E-state index in [0.29, 0.717) is 6.42 Å². The zero-order chi connectivity index (χ0) is 45.7. The molecule has 0 spiro atoms. The molecule has 1 aliphatic rings. The molecular weight excluding hydrogens is 799 g/mol. The van der Waals surface area contributed by atoms with E-state index < -0.39 is 63.6 Å². The van der Waals surface area contributed by atoms with Crippen LogP contribution < -0.4 is 5.32 Å². The zero-order valence-electron chi connectivity index (χ0n) is 40.9. The lowest BCUT2D eigenvalue weighted by atomic mass is 9.98. The SMILES string of the molecule is CCCCCCCCCCCCCCCCC[Si](C)(C)CCCCCCCC(=O)N[C@@H](CO[C@H]1O[C@H](CO)[C@H](O)[C@H](O)[C@H]1O)[C@H](O)[C@H](O)CCCCCCCCCCCCCC. The van der Waals surface area contributed by atoms with Crippen LogP contribution in [0.4, 0.5) is 0 Å². The molecule has 8 atom stereocenters. The third kappa shape index (κ3) is 30.5. The number of aliphatic hydroxyl groups excluding tert-OH is 6. The summed E-state index contributed by atoms with van der Waals surface area (Å²) in [5, 5.41) is 65.5. The number of ether oxygens (including phenoxy) is 2. The van der Waals surface area contributed by atoms with E-state index in [-0.39, 0.29) is 18.9 Å². The van der Waals surface area contributed by atoms with Crippen molar-refractivity contribution >= 4 is 14.0 Å². The lowest BCUT2D eigenvalue weighted by Crippen LogP contribution is -2.60. The van der Waals surface area contributed by atoms with Gasteiger partial charge in [0.05, 0.1) is 25.4 Å². The predicted octanol–water partition coefficient (Wildman–Crippen LogP) is 11.0. The van der Waals surface area contributed by atoms with E-state index in [1.54, 1.807) is 0 Å². The Kier molecular flexibility index (Phi) is 37.9. The van der Waals surface area contributed by atoms with Gasteiger partial charge in [0.15, 0.2) is 6.29 Å². The van der Waals surface area contributed by atoms with Crippen molar-refractivity contribution in [2.24, 2.45) is 0 Å². The summed E-state index contributed by atoms with van der Waals surface area (Å²) in [5.41, 5.74) is 0. The molecule has 1 fully saturated rings. The third-order valence-electron chi connectivity index (χ3n) is 13.5. The molecule has 0 saturated carbocycles. The van der Waals surface area contributed by atoms with E-state index in [1.165, 1.54) is 179 Å². The van der Waals surface area contributed by atoms with Gasteiger partial charge in [0, 0.05) is 14.5 Å². The Balaban J connectivity index is 2.35.